The zero-order chi connectivity index (χ0) is 24.9. The Hall–Kier alpha value is -2.34. The molecule has 0 radical (unpaired) electrons. The maximum Gasteiger partial charge on any atom is 0.306 e. The van der Waals surface area contributed by atoms with Gasteiger partial charge in [0.15, 0.2) is 0 Å². The first-order chi connectivity index (χ1) is 16.7. The van der Waals surface area contributed by atoms with Crippen LogP contribution in [0.5, 0.6) is 0 Å². The van der Waals surface area contributed by atoms with Gasteiger partial charge in [-0.1, -0.05) is 36.7 Å². The van der Waals surface area contributed by atoms with Gasteiger partial charge in [0.05, 0.1) is 22.3 Å². The van der Waals surface area contributed by atoms with Crippen molar-refractivity contribution in [3.8, 4) is 0 Å². The number of aryl methyl sites for hydroxylation is 1. The van der Waals surface area contributed by atoms with Crippen LogP contribution in [0.1, 0.15) is 99.1 Å². The quantitative estimate of drug-likeness (QED) is 0.413. The van der Waals surface area contributed by atoms with Crippen molar-refractivity contribution in [3.05, 3.63) is 45.8 Å². The van der Waals surface area contributed by atoms with Crippen molar-refractivity contribution in [2.45, 2.75) is 83.5 Å². The minimum atomic E-state index is -0.856. The van der Waals surface area contributed by atoms with Gasteiger partial charge in [0, 0.05) is 23.3 Å². The minimum Gasteiger partial charge on any atom is -0.481 e. The number of anilines is 1. The number of hydrogen-bond acceptors (Lipinski definition) is 4. The molecule has 5 rings (SSSR count). The fourth-order valence-electron chi connectivity index (χ4n) is 6.25. The Bertz CT molecular complexity index is 1120. The zero-order valence-corrected chi connectivity index (χ0v) is 21.5. The Morgan fingerprint density at radius 2 is 1.91 bits per heavy atom. The lowest BCUT2D eigenvalue weighted by Crippen LogP contribution is -2.26. The number of aromatic nitrogens is 1. The second kappa shape index (κ2) is 9.61. The molecule has 1 aromatic carbocycles. The van der Waals surface area contributed by atoms with Gasteiger partial charge in [-0.2, -0.15) is 0 Å². The normalized spacial score (nSPS) is 28.2. The molecule has 0 bridgehead atoms. The number of rotatable bonds is 8. The molecular formula is C28H35ClN2O4. The van der Waals surface area contributed by atoms with Crippen LogP contribution in [0.4, 0.5) is 5.69 Å². The standard InChI is InChI=1S/C28H35ClN2O4/c1-14(2)8-16-10-18(11-16)26-24(17-5-6-17)25(31-35-26)20-12-19(28(33)34)13-21(20)27(32)30-23-7-4-15(3)9-22(23)29/h4,7,9,14,16-21H,5-6,8,10-13H2,1-3H3,(H,30,32)(H,33,34). The first kappa shape index (κ1) is 24.4. The SMILES string of the molecule is Cc1ccc(NC(=O)C2CC(C(=O)O)CC2c2noc(C3CC(CC(C)C)C3)c2C2CC2)c(Cl)c1. The van der Waals surface area contributed by atoms with Gasteiger partial charge in [0.2, 0.25) is 5.91 Å². The van der Waals surface area contributed by atoms with Crippen molar-refractivity contribution < 1.29 is 19.2 Å². The van der Waals surface area contributed by atoms with Crippen LogP contribution in [0.25, 0.3) is 0 Å². The van der Waals surface area contributed by atoms with Crippen LogP contribution >= 0.6 is 11.6 Å². The Labute approximate surface area is 211 Å². The van der Waals surface area contributed by atoms with Gasteiger partial charge in [0.1, 0.15) is 5.76 Å². The van der Waals surface area contributed by atoms with Crippen molar-refractivity contribution in [1.82, 2.24) is 5.16 Å². The number of amides is 1. The minimum absolute atomic E-state index is 0.198. The Kier molecular flexibility index (Phi) is 6.69. The van der Waals surface area contributed by atoms with E-state index in [1.807, 2.05) is 19.1 Å². The second-order valence-electron chi connectivity index (χ2n) is 11.5. The number of halogens is 1. The Balaban J connectivity index is 1.40. The number of carbonyl (C=O) groups is 2. The van der Waals surface area contributed by atoms with Crippen molar-refractivity contribution in [1.29, 1.82) is 0 Å². The highest BCUT2D eigenvalue weighted by atomic mass is 35.5. The van der Waals surface area contributed by atoms with E-state index in [0.29, 0.717) is 41.3 Å². The van der Waals surface area contributed by atoms with Crippen LogP contribution in [0, 0.1) is 30.6 Å². The second-order valence-corrected chi connectivity index (χ2v) is 11.9. The first-order valence-electron chi connectivity index (χ1n) is 13.0. The molecule has 3 aliphatic rings. The highest BCUT2D eigenvalue weighted by molar-refractivity contribution is 6.33. The number of aliphatic carboxylic acids is 1. The summed E-state index contributed by atoms with van der Waals surface area (Å²) in [5.41, 5.74) is 3.57. The average Bonchev–Trinajstić information content (AvgIpc) is 3.35. The van der Waals surface area contributed by atoms with Crippen LogP contribution in [0.15, 0.2) is 22.7 Å². The molecule has 1 heterocycles. The summed E-state index contributed by atoms with van der Waals surface area (Å²) in [5.74, 6) is 0.877. The van der Waals surface area contributed by atoms with Crippen LogP contribution in [-0.4, -0.2) is 22.1 Å². The van der Waals surface area contributed by atoms with E-state index in [2.05, 4.69) is 24.3 Å². The van der Waals surface area contributed by atoms with E-state index in [1.54, 1.807) is 6.07 Å². The molecule has 7 heteroatoms. The van der Waals surface area contributed by atoms with Crippen LogP contribution in [-0.2, 0) is 9.59 Å². The molecule has 1 amide bonds. The van der Waals surface area contributed by atoms with E-state index in [9.17, 15) is 14.7 Å². The molecule has 1 aromatic heterocycles. The van der Waals surface area contributed by atoms with Crippen molar-refractivity contribution >= 4 is 29.2 Å². The number of nitrogens with zero attached hydrogens (tertiary/aromatic N) is 1. The van der Waals surface area contributed by atoms with Gasteiger partial charge in [-0.15, -0.1) is 0 Å². The zero-order valence-electron chi connectivity index (χ0n) is 20.7. The molecule has 2 N–H and O–H groups in total. The van der Waals surface area contributed by atoms with Gasteiger partial charge in [-0.05, 0) is 87.3 Å². The fourth-order valence-corrected chi connectivity index (χ4v) is 6.54. The van der Waals surface area contributed by atoms with Gasteiger partial charge in [0.25, 0.3) is 0 Å². The number of benzene rings is 1. The largest absolute Gasteiger partial charge is 0.481 e. The lowest BCUT2D eigenvalue weighted by molar-refractivity contribution is -0.141. The van der Waals surface area contributed by atoms with Gasteiger partial charge in [-0.25, -0.2) is 0 Å². The predicted octanol–water partition coefficient (Wildman–Crippen LogP) is 6.89. The number of carbonyl (C=O) groups excluding carboxylic acids is 1. The maximum absolute atomic E-state index is 13.4. The van der Waals surface area contributed by atoms with Gasteiger partial charge < -0.3 is 14.9 Å². The molecule has 0 spiro atoms. The van der Waals surface area contributed by atoms with E-state index < -0.39 is 17.8 Å². The first-order valence-corrected chi connectivity index (χ1v) is 13.4. The topological polar surface area (TPSA) is 92.4 Å². The summed E-state index contributed by atoms with van der Waals surface area (Å²) < 4.78 is 5.99. The summed E-state index contributed by atoms with van der Waals surface area (Å²) in [6.07, 6.45) is 6.41. The van der Waals surface area contributed by atoms with Gasteiger partial charge in [-0.3, -0.25) is 9.59 Å². The summed E-state index contributed by atoms with van der Waals surface area (Å²) in [6, 6.07) is 5.50. The summed E-state index contributed by atoms with van der Waals surface area (Å²) in [6.45, 7) is 6.48. The maximum atomic E-state index is 13.4. The van der Waals surface area contributed by atoms with Gasteiger partial charge >= 0.3 is 5.97 Å². The lowest BCUT2D eigenvalue weighted by atomic mass is 9.69. The van der Waals surface area contributed by atoms with Crippen molar-refractivity contribution in [2.24, 2.45) is 23.7 Å². The third kappa shape index (κ3) is 5.00. The molecule has 2 aromatic rings. The summed E-state index contributed by atoms with van der Waals surface area (Å²) in [7, 11) is 0. The molecule has 3 aliphatic carbocycles. The van der Waals surface area contributed by atoms with E-state index >= 15 is 0 Å². The van der Waals surface area contributed by atoms with Crippen LogP contribution in [0.2, 0.25) is 5.02 Å². The molecule has 0 aliphatic heterocycles. The molecule has 0 saturated heterocycles. The van der Waals surface area contributed by atoms with Crippen molar-refractivity contribution in [2.75, 3.05) is 5.32 Å². The molecule has 188 valence electrons. The molecule has 35 heavy (non-hydrogen) atoms. The highest BCUT2D eigenvalue weighted by Gasteiger charge is 2.48. The van der Waals surface area contributed by atoms with Crippen LogP contribution in [0.3, 0.4) is 0 Å². The Morgan fingerprint density at radius 1 is 1.17 bits per heavy atom. The molecule has 6 nitrogen and oxygen atoms in total. The molecule has 3 saturated carbocycles. The third-order valence-electron chi connectivity index (χ3n) is 8.16. The number of carboxylic acid groups (broad SMARTS) is 1. The van der Waals surface area contributed by atoms with E-state index in [-0.39, 0.29) is 11.8 Å². The molecule has 3 atom stereocenters. The monoisotopic (exact) mass is 498 g/mol. The summed E-state index contributed by atoms with van der Waals surface area (Å²) in [5, 5.41) is 17.7. The number of nitrogens with one attached hydrogen (secondary N) is 1. The number of carboxylic acids is 1. The highest BCUT2D eigenvalue weighted by Crippen LogP contribution is 2.55. The molecular weight excluding hydrogens is 464 g/mol. The smallest absolute Gasteiger partial charge is 0.306 e. The average molecular weight is 499 g/mol. The lowest BCUT2D eigenvalue weighted by Gasteiger charge is -2.35. The fraction of sp³-hybridized carbons (Fsp3) is 0.607. The number of hydrogen-bond donors (Lipinski definition) is 2. The van der Waals surface area contributed by atoms with E-state index in [4.69, 9.17) is 16.1 Å². The third-order valence-corrected chi connectivity index (χ3v) is 8.48. The predicted molar refractivity (Wildman–Crippen MR) is 135 cm³/mol. The van der Waals surface area contributed by atoms with Crippen LogP contribution < -0.4 is 5.32 Å². The van der Waals surface area contributed by atoms with Crippen molar-refractivity contribution in [3.63, 3.8) is 0 Å². The molecule has 3 unspecified atom stereocenters. The molecule has 3 fully saturated rings. The summed E-state index contributed by atoms with van der Waals surface area (Å²) in [4.78, 5) is 25.4. The van der Waals surface area contributed by atoms with E-state index in [1.165, 1.54) is 12.0 Å². The van der Waals surface area contributed by atoms with E-state index in [0.717, 1.165) is 48.6 Å². The Morgan fingerprint density at radius 3 is 2.54 bits per heavy atom. The summed E-state index contributed by atoms with van der Waals surface area (Å²) >= 11 is 6.36.